The molecule has 19 heavy (non-hydrogen) atoms. The van der Waals surface area contributed by atoms with Crippen LogP contribution in [0.5, 0.6) is 0 Å². The van der Waals surface area contributed by atoms with Gasteiger partial charge in [0, 0.05) is 25.2 Å². The van der Waals surface area contributed by atoms with Gasteiger partial charge in [-0.15, -0.1) is 0 Å². The summed E-state index contributed by atoms with van der Waals surface area (Å²) >= 11 is 0. The van der Waals surface area contributed by atoms with Gasteiger partial charge in [-0.05, 0) is 19.1 Å². The Morgan fingerprint density at radius 1 is 1.32 bits per heavy atom. The molecular formula is C14H17N3O2. The van der Waals surface area contributed by atoms with Gasteiger partial charge in [0.05, 0.1) is 17.6 Å². The lowest BCUT2D eigenvalue weighted by Crippen LogP contribution is -2.38. The highest BCUT2D eigenvalue weighted by atomic mass is 16.2. The Morgan fingerprint density at radius 3 is 2.84 bits per heavy atom. The highest BCUT2D eigenvalue weighted by Gasteiger charge is 2.13. The predicted molar refractivity (Wildman–Crippen MR) is 73.9 cm³/mol. The molecule has 1 aromatic heterocycles. The molecule has 0 unspecified atom stereocenters. The van der Waals surface area contributed by atoms with Gasteiger partial charge < -0.3 is 15.2 Å². The molecule has 0 fully saturated rings. The van der Waals surface area contributed by atoms with E-state index in [1.54, 1.807) is 24.2 Å². The summed E-state index contributed by atoms with van der Waals surface area (Å²) in [6.07, 6.45) is 1.79. The summed E-state index contributed by atoms with van der Waals surface area (Å²) in [7, 11) is 1.71. The van der Waals surface area contributed by atoms with E-state index in [2.05, 4.69) is 10.3 Å². The average molecular weight is 259 g/mol. The molecule has 0 aliphatic heterocycles. The predicted octanol–water partition coefficient (Wildman–Crippen LogP) is 1.38. The maximum absolute atomic E-state index is 12.1. The molecule has 0 aliphatic carbocycles. The lowest BCUT2D eigenvalue weighted by molar-refractivity contribution is -0.128. The monoisotopic (exact) mass is 259 g/mol. The Labute approximate surface area is 111 Å². The molecule has 2 N–H and O–H groups in total. The molecule has 5 heteroatoms. The maximum Gasteiger partial charge on any atom is 0.253 e. The third kappa shape index (κ3) is 2.76. The number of nitrogens with one attached hydrogen (secondary N) is 2. The highest BCUT2D eigenvalue weighted by Crippen LogP contribution is 2.16. The van der Waals surface area contributed by atoms with E-state index in [0.29, 0.717) is 12.1 Å². The van der Waals surface area contributed by atoms with Crippen LogP contribution >= 0.6 is 0 Å². The van der Waals surface area contributed by atoms with Crippen molar-refractivity contribution in [2.45, 2.75) is 6.92 Å². The molecule has 5 nitrogen and oxygen atoms in total. The molecule has 0 bridgehead atoms. The third-order valence-corrected chi connectivity index (χ3v) is 3.13. The lowest BCUT2D eigenvalue weighted by atomic mass is 10.1. The third-order valence-electron chi connectivity index (χ3n) is 3.13. The Hall–Kier alpha value is -2.30. The van der Waals surface area contributed by atoms with Crippen molar-refractivity contribution in [1.29, 1.82) is 0 Å². The number of H-pyrrole nitrogens is 1. The Bertz CT molecular complexity index is 604. The number of hydrogen-bond acceptors (Lipinski definition) is 2. The first-order valence-electron chi connectivity index (χ1n) is 6.21. The van der Waals surface area contributed by atoms with Crippen LogP contribution in [0.3, 0.4) is 0 Å². The van der Waals surface area contributed by atoms with Gasteiger partial charge in [0.1, 0.15) is 0 Å². The minimum Gasteiger partial charge on any atom is -0.361 e. The number of rotatable bonds is 4. The summed E-state index contributed by atoms with van der Waals surface area (Å²) in [5.74, 6) is -0.347. The van der Waals surface area contributed by atoms with Crippen LogP contribution in [0.25, 0.3) is 10.9 Å². The Kier molecular flexibility index (Phi) is 3.85. The second-order valence-electron chi connectivity index (χ2n) is 4.34. The van der Waals surface area contributed by atoms with Gasteiger partial charge >= 0.3 is 0 Å². The van der Waals surface area contributed by atoms with E-state index in [-0.39, 0.29) is 18.4 Å². The fraction of sp³-hybridized carbons (Fsp3) is 0.286. The number of carbonyl (C=O) groups is 2. The van der Waals surface area contributed by atoms with Crippen LogP contribution in [-0.2, 0) is 4.79 Å². The zero-order valence-electron chi connectivity index (χ0n) is 11.1. The molecule has 1 heterocycles. The second kappa shape index (κ2) is 5.56. The minimum absolute atomic E-state index is 0.0142. The van der Waals surface area contributed by atoms with Gasteiger partial charge in [-0.1, -0.05) is 12.1 Å². The molecule has 1 aromatic carbocycles. The Morgan fingerprint density at radius 2 is 2.11 bits per heavy atom. The van der Waals surface area contributed by atoms with Crippen molar-refractivity contribution in [2.75, 3.05) is 20.1 Å². The van der Waals surface area contributed by atoms with Gasteiger partial charge in [0.2, 0.25) is 5.91 Å². The molecule has 0 atom stereocenters. The normalized spacial score (nSPS) is 10.4. The van der Waals surface area contributed by atoms with Gasteiger partial charge in [0.15, 0.2) is 0 Å². The number of likely N-dealkylation sites (N-methyl/N-ethyl adjacent to an activating group) is 1. The summed E-state index contributed by atoms with van der Waals surface area (Å²) < 4.78 is 0. The summed E-state index contributed by atoms with van der Waals surface area (Å²) in [6.45, 7) is 2.53. The standard InChI is InChI=1S/C14H17N3O2/c1-3-17(2)12(18)9-16-14(19)11-6-4-5-10-7-8-15-13(10)11/h4-8,15H,3,9H2,1-2H3,(H,16,19). The van der Waals surface area contributed by atoms with E-state index in [1.807, 2.05) is 25.1 Å². The van der Waals surface area contributed by atoms with Gasteiger partial charge in [0.25, 0.3) is 5.91 Å². The molecular weight excluding hydrogens is 242 g/mol. The van der Waals surface area contributed by atoms with Crippen LogP contribution in [-0.4, -0.2) is 41.8 Å². The molecule has 0 aliphatic rings. The molecule has 0 spiro atoms. The van der Waals surface area contributed by atoms with Crippen LogP contribution in [0.4, 0.5) is 0 Å². The molecule has 0 saturated carbocycles. The topological polar surface area (TPSA) is 65.2 Å². The van der Waals surface area contributed by atoms with Crippen molar-refractivity contribution in [3.05, 3.63) is 36.0 Å². The molecule has 2 rings (SSSR count). The van der Waals surface area contributed by atoms with E-state index in [0.717, 1.165) is 10.9 Å². The minimum atomic E-state index is -0.245. The Balaban J connectivity index is 2.08. The van der Waals surface area contributed by atoms with E-state index < -0.39 is 0 Å². The summed E-state index contributed by atoms with van der Waals surface area (Å²) in [5.41, 5.74) is 1.34. The first kappa shape index (κ1) is 13.1. The van der Waals surface area contributed by atoms with E-state index in [1.165, 1.54) is 0 Å². The van der Waals surface area contributed by atoms with Crippen molar-refractivity contribution in [1.82, 2.24) is 15.2 Å². The number of hydrogen-bond donors (Lipinski definition) is 2. The fourth-order valence-electron chi connectivity index (χ4n) is 1.84. The van der Waals surface area contributed by atoms with Crippen molar-refractivity contribution < 1.29 is 9.59 Å². The number of fused-ring (bicyclic) bond motifs is 1. The number of nitrogens with zero attached hydrogens (tertiary/aromatic N) is 1. The molecule has 2 amide bonds. The highest BCUT2D eigenvalue weighted by molar-refractivity contribution is 6.06. The van der Waals surface area contributed by atoms with E-state index in [4.69, 9.17) is 0 Å². The van der Waals surface area contributed by atoms with Crippen LogP contribution in [0.1, 0.15) is 17.3 Å². The van der Waals surface area contributed by atoms with Gasteiger partial charge in [-0.25, -0.2) is 0 Å². The quantitative estimate of drug-likeness (QED) is 0.871. The lowest BCUT2D eigenvalue weighted by Gasteiger charge is -2.14. The maximum atomic E-state index is 12.1. The van der Waals surface area contributed by atoms with Crippen molar-refractivity contribution in [3.63, 3.8) is 0 Å². The number of aromatic amines is 1. The van der Waals surface area contributed by atoms with Crippen LogP contribution in [0.2, 0.25) is 0 Å². The number of para-hydroxylation sites is 1. The second-order valence-corrected chi connectivity index (χ2v) is 4.34. The number of carbonyl (C=O) groups excluding carboxylic acids is 2. The summed E-state index contributed by atoms with van der Waals surface area (Å²) in [6, 6.07) is 7.40. The van der Waals surface area contributed by atoms with E-state index in [9.17, 15) is 9.59 Å². The summed E-state index contributed by atoms with van der Waals surface area (Å²) in [5, 5.41) is 3.62. The smallest absolute Gasteiger partial charge is 0.253 e. The molecule has 0 radical (unpaired) electrons. The number of aromatic nitrogens is 1. The van der Waals surface area contributed by atoms with Crippen LogP contribution < -0.4 is 5.32 Å². The fourth-order valence-corrected chi connectivity index (χ4v) is 1.84. The first-order chi connectivity index (χ1) is 9.13. The molecule has 100 valence electrons. The SMILES string of the molecule is CCN(C)C(=O)CNC(=O)c1cccc2cc[nH]c12. The molecule has 2 aromatic rings. The van der Waals surface area contributed by atoms with E-state index >= 15 is 0 Å². The molecule has 0 saturated heterocycles. The number of benzene rings is 1. The average Bonchev–Trinajstić information content (AvgIpc) is 2.91. The van der Waals surface area contributed by atoms with Crippen LogP contribution in [0.15, 0.2) is 30.5 Å². The zero-order valence-corrected chi connectivity index (χ0v) is 11.1. The van der Waals surface area contributed by atoms with Gasteiger partial charge in [-0.2, -0.15) is 0 Å². The summed E-state index contributed by atoms with van der Waals surface area (Å²) in [4.78, 5) is 28.3. The van der Waals surface area contributed by atoms with Crippen LogP contribution in [0, 0.1) is 0 Å². The zero-order chi connectivity index (χ0) is 13.8. The van der Waals surface area contributed by atoms with Crippen molar-refractivity contribution in [3.8, 4) is 0 Å². The van der Waals surface area contributed by atoms with Crippen molar-refractivity contribution >= 4 is 22.7 Å². The first-order valence-corrected chi connectivity index (χ1v) is 6.21. The largest absolute Gasteiger partial charge is 0.361 e. The van der Waals surface area contributed by atoms with Crippen molar-refractivity contribution in [2.24, 2.45) is 0 Å². The van der Waals surface area contributed by atoms with Gasteiger partial charge in [-0.3, -0.25) is 9.59 Å². The number of amides is 2.